The van der Waals surface area contributed by atoms with Crippen molar-refractivity contribution in [1.82, 2.24) is 19.9 Å². The number of ether oxygens (including phenoxy) is 1. The van der Waals surface area contributed by atoms with Gasteiger partial charge in [0.25, 0.3) is 5.91 Å². The summed E-state index contributed by atoms with van der Waals surface area (Å²) in [7, 11) is 0. The molecule has 1 fully saturated rings. The lowest BCUT2D eigenvalue weighted by atomic mass is 10.1. The summed E-state index contributed by atoms with van der Waals surface area (Å²) < 4.78 is 5.81. The van der Waals surface area contributed by atoms with E-state index in [-0.39, 0.29) is 12.0 Å². The first-order valence-electron chi connectivity index (χ1n) is 8.41. The minimum absolute atomic E-state index is 0.0431. The molecule has 1 amide bonds. The Bertz CT molecular complexity index is 678. The first kappa shape index (κ1) is 16.5. The van der Waals surface area contributed by atoms with Crippen LogP contribution < -0.4 is 0 Å². The Balaban J connectivity index is 1.73. The van der Waals surface area contributed by atoms with E-state index in [1.165, 1.54) is 6.33 Å². The van der Waals surface area contributed by atoms with E-state index in [9.17, 15) is 4.79 Å². The van der Waals surface area contributed by atoms with Crippen molar-refractivity contribution in [2.45, 2.75) is 32.3 Å². The van der Waals surface area contributed by atoms with Crippen LogP contribution >= 0.6 is 0 Å². The Morgan fingerprint density at radius 3 is 2.96 bits per heavy atom. The van der Waals surface area contributed by atoms with Crippen LogP contribution in [0.25, 0.3) is 11.3 Å². The van der Waals surface area contributed by atoms with Gasteiger partial charge in [-0.25, -0.2) is 15.0 Å². The van der Waals surface area contributed by atoms with Gasteiger partial charge in [-0.05, 0) is 31.4 Å². The number of carbonyl (C=O) groups excluding carboxylic acids is 1. The van der Waals surface area contributed by atoms with Crippen LogP contribution in [0.2, 0.25) is 0 Å². The topological polar surface area (TPSA) is 68.2 Å². The fourth-order valence-electron chi connectivity index (χ4n) is 2.85. The maximum Gasteiger partial charge on any atom is 0.272 e. The van der Waals surface area contributed by atoms with Gasteiger partial charge in [0.15, 0.2) is 0 Å². The zero-order chi connectivity index (χ0) is 16.8. The molecule has 2 aromatic rings. The Morgan fingerprint density at radius 2 is 2.17 bits per heavy atom. The van der Waals surface area contributed by atoms with E-state index in [1.807, 2.05) is 17.0 Å². The first-order chi connectivity index (χ1) is 11.8. The molecule has 1 atom stereocenters. The number of hydrogen-bond acceptors (Lipinski definition) is 5. The van der Waals surface area contributed by atoms with Crippen LogP contribution in [0.15, 0.2) is 36.9 Å². The van der Waals surface area contributed by atoms with Crippen molar-refractivity contribution in [2.75, 3.05) is 19.7 Å². The van der Waals surface area contributed by atoms with Crippen molar-refractivity contribution in [3.63, 3.8) is 0 Å². The van der Waals surface area contributed by atoms with Crippen molar-refractivity contribution in [2.24, 2.45) is 0 Å². The summed E-state index contributed by atoms with van der Waals surface area (Å²) >= 11 is 0. The van der Waals surface area contributed by atoms with Crippen LogP contribution in [-0.4, -0.2) is 51.6 Å². The first-order valence-corrected chi connectivity index (χ1v) is 8.41. The lowest BCUT2D eigenvalue weighted by Crippen LogP contribution is -2.43. The van der Waals surface area contributed by atoms with Crippen molar-refractivity contribution in [1.29, 1.82) is 0 Å². The number of piperidine rings is 1. The van der Waals surface area contributed by atoms with E-state index in [0.717, 1.165) is 38.0 Å². The molecule has 0 saturated carbocycles. The lowest BCUT2D eigenvalue weighted by molar-refractivity contribution is 0.00193. The molecule has 1 aliphatic rings. The third kappa shape index (κ3) is 3.94. The van der Waals surface area contributed by atoms with Crippen LogP contribution in [0.5, 0.6) is 0 Å². The fraction of sp³-hybridized carbons (Fsp3) is 0.444. The third-order valence-corrected chi connectivity index (χ3v) is 4.05. The van der Waals surface area contributed by atoms with Crippen molar-refractivity contribution >= 4 is 5.91 Å². The second-order valence-electron chi connectivity index (χ2n) is 5.92. The quantitative estimate of drug-likeness (QED) is 0.845. The SMILES string of the molecule is CCCO[C@@H]1CCCN(C(=O)c2cccc(-c3cncnc3)n2)C1. The summed E-state index contributed by atoms with van der Waals surface area (Å²) in [5.41, 5.74) is 1.96. The largest absolute Gasteiger partial charge is 0.376 e. The number of rotatable bonds is 5. The highest BCUT2D eigenvalue weighted by Gasteiger charge is 2.25. The standard InChI is InChI=1S/C18H22N4O2/c1-2-9-24-15-5-4-8-22(12-15)18(23)17-7-3-6-16(21-17)14-10-19-13-20-11-14/h3,6-7,10-11,13,15H,2,4-5,8-9,12H2,1H3/t15-/m1/s1. The highest BCUT2D eigenvalue weighted by Crippen LogP contribution is 2.18. The van der Waals surface area contributed by atoms with E-state index < -0.39 is 0 Å². The number of hydrogen-bond donors (Lipinski definition) is 0. The van der Waals surface area contributed by atoms with Crippen LogP contribution in [0.3, 0.4) is 0 Å². The summed E-state index contributed by atoms with van der Waals surface area (Å²) in [5.74, 6) is -0.0431. The maximum atomic E-state index is 12.8. The van der Waals surface area contributed by atoms with E-state index in [1.54, 1.807) is 18.5 Å². The molecule has 6 nitrogen and oxygen atoms in total. The normalized spacial score (nSPS) is 17.7. The summed E-state index contributed by atoms with van der Waals surface area (Å²) in [5, 5.41) is 0. The monoisotopic (exact) mass is 326 g/mol. The lowest BCUT2D eigenvalue weighted by Gasteiger charge is -2.32. The van der Waals surface area contributed by atoms with Crippen molar-refractivity contribution < 1.29 is 9.53 Å². The van der Waals surface area contributed by atoms with Crippen LogP contribution in [-0.2, 0) is 4.74 Å². The fourth-order valence-corrected chi connectivity index (χ4v) is 2.85. The number of amides is 1. The molecule has 0 radical (unpaired) electrons. The summed E-state index contributed by atoms with van der Waals surface area (Å²) in [6.45, 7) is 4.23. The van der Waals surface area contributed by atoms with Crippen LogP contribution in [0, 0.1) is 0 Å². The highest BCUT2D eigenvalue weighted by molar-refractivity contribution is 5.93. The average Bonchev–Trinajstić information content (AvgIpc) is 2.67. The summed E-state index contributed by atoms with van der Waals surface area (Å²) in [4.78, 5) is 27.1. The molecule has 1 saturated heterocycles. The molecule has 0 N–H and O–H groups in total. The Morgan fingerprint density at radius 1 is 1.33 bits per heavy atom. The van der Waals surface area contributed by atoms with Crippen molar-refractivity contribution in [3.05, 3.63) is 42.6 Å². The molecule has 6 heteroatoms. The van der Waals surface area contributed by atoms with Gasteiger partial charge in [0.2, 0.25) is 0 Å². The molecule has 0 unspecified atom stereocenters. The van der Waals surface area contributed by atoms with Gasteiger partial charge in [-0.1, -0.05) is 13.0 Å². The molecule has 3 heterocycles. The summed E-state index contributed by atoms with van der Waals surface area (Å²) in [6.07, 6.45) is 7.97. The maximum absolute atomic E-state index is 12.8. The zero-order valence-electron chi connectivity index (χ0n) is 13.9. The van der Waals surface area contributed by atoms with E-state index >= 15 is 0 Å². The number of likely N-dealkylation sites (tertiary alicyclic amines) is 1. The van der Waals surface area contributed by atoms with Gasteiger partial charge in [-0.2, -0.15) is 0 Å². The molecule has 0 aromatic carbocycles. The zero-order valence-corrected chi connectivity index (χ0v) is 13.9. The highest BCUT2D eigenvalue weighted by atomic mass is 16.5. The molecule has 24 heavy (non-hydrogen) atoms. The number of pyridine rings is 1. The smallest absolute Gasteiger partial charge is 0.272 e. The predicted octanol–water partition coefficient (Wildman–Crippen LogP) is 2.57. The van der Waals surface area contributed by atoms with Gasteiger partial charge in [0.1, 0.15) is 12.0 Å². The molecule has 2 aromatic heterocycles. The van der Waals surface area contributed by atoms with E-state index in [2.05, 4.69) is 21.9 Å². The van der Waals surface area contributed by atoms with Crippen LogP contribution in [0.4, 0.5) is 0 Å². The molecule has 1 aliphatic heterocycles. The molecular weight excluding hydrogens is 304 g/mol. The molecule has 0 aliphatic carbocycles. The molecular formula is C18H22N4O2. The average molecular weight is 326 g/mol. The molecule has 0 bridgehead atoms. The van der Waals surface area contributed by atoms with E-state index in [4.69, 9.17) is 4.74 Å². The van der Waals surface area contributed by atoms with Gasteiger partial charge < -0.3 is 9.64 Å². The Labute approximate surface area is 141 Å². The molecule has 0 spiro atoms. The Kier molecular flexibility index (Phi) is 5.48. The van der Waals surface area contributed by atoms with Gasteiger partial charge in [0, 0.05) is 37.7 Å². The second kappa shape index (κ2) is 7.97. The number of carbonyl (C=O) groups is 1. The van der Waals surface area contributed by atoms with Gasteiger partial charge in [-0.15, -0.1) is 0 Å². The Hall–Kier alpha value is -2.34. The van der Waals surface area contributed by atoms with Crippen molar-refractivity contribution in [3.8, 4) is 11.3 Å². The predicted molar refractivity (Wildman–Crippen MR) is 90.4 cm³/mol. The molecule has 126 valence electrons. The minimum atomic E-state index is -0.0431. The summed E-state index contributed by atoms with van der Waals surface area (Å²) in [6, 6.07) is 5.46. The van der Waals surface area contributed by atoms with Crippen LogP contribution in [0.1, 0.15) is 36.7 Å². The molecule has 3 rings (SSSR count). The van der Waals surface area contributed by atoms with E-state index in [0.29, 0.717) is 17.9 Å². The van der Waals surface area contributed by atoms with Gasteiger partial charge in [-0.3, -0.25) is 4.79 Å². The van der Waals surface area contributed by atoms with Gasteiger partial charge in [0.05, 0.1) is 11.8 Å². The second-order valence-corrected chi connectivity index (χ2v) is 5.92. The number of nitrogens with zero attached hydrogens (tertiary/aromatic N) is 4. The third-order valence-electron chi connectivity index (χ3n) is 4.05. The van der Waals surface area contributed by atoms with Gasteiger partial charge >= 0.3 is 0 Å². The minimum Gasteiger partial charge on any atom is -0.376 e. The number of aromatic nitrogens is 3.